The molecule has 1 aromatic rings. The van der Waals surface area contributed by atoms with Crippen molar-refractivity contribution < 1.29 is 0 Å². The third-order valence-corrected chi connectivity index (χ3v) is 4.03. The quantitative estimate of drug-likeness (QED) is 0.731. The van der Waals surface area contributed by atoms with Crippen LogP contribution in [-0.2, 0) is 5.75 Å². The van der Waals surface area contributed by atoms with Gasteiger partial charge < -0.3 is 4.90 Å². The van der Waals surface area contributed by atoms with Crippen LogP contribution in [0.1, 0.15) is 24.8 Å². The summed E-state index contributed by atoms with van der Waals surface area (Å²) >= 11 is 2.03. The summed E-state index contributed by atoms with van der Waals surface area (Å²) in [5, 5.41) is 0. The Morgan fingerprint density at radius 3 is 2.62 bits per heavy atom. The van der Waals surface area contributed by atoms with E-state index in [1.54, 1.807) is 0 Å². The van der Waals surface area contributed by atoms with E-state index in [0.717, 1.165) is 5.75 Å². The van der Waals surface area contributed by atoms with Gasteiger partial charge in [0.25, 0.3) is 0 Å². The summed E-state index contributed by atoms with van der Waals surface area (Å²) in [6.45, 7) is 3.89. The molecule has 1 saturated heterocycles. The molecule has 2 nitrogen and oxygen atoms in total. The van der Waals surface area contributed by atoms with Crippen LogP contribution in [0.4, 0.5) is 0 Å². The zero-order valence-electron chi connectivity index (χ0n) is 9.77. The molecule has 0 atom stereocenters. The van der Waals surface area contributed by atoms with E-state index in [1.165, 1.54) is 50.2 Å². The normalized spacial score (nSPS) is 17.5. The molecule has 0 saturated carbocycles. The second-order valence-electron chi connectivity index (χ2n) is 4.31. The summed E-state index contributed by atoms with van der Waals surface area (Å²) in [6, 6.07) is 4.21. The average molecular weight is 236 g/mol. The van der Waals surface area contributed by atoms with Crippen LogP contribution in [0.2, 0.25) is 0 Å². The molecular formula is C13H20N2S. The topological polar surface area (TPSA) is 16.1 Å². The molecule has 16 heavy (non-hydrogen) atoms. The van der Waals surface area contributed by atoms with Crippen LogP contribution >= 0.6 is 11.8 Å². The van der Waals surface area contributed by atoms with Crippen molar-refractivity contribution in [3.8, 4) is 0 Å². The highest BCUT2D eigenvalue weighted by atomic mass is 32.2. The summed E-state index contributed by atoms with van der Waals surface area (Å²) < 4.78 is 0. The molecule has 0 spiro atoms. The van der Waals surface area contributed by atoms with Crippen LogP contribution in [0.5, 0.6) is 0 Å². The second kappa shape index (κ2) is 6.92. The zero-order valence-corrected chi connectivity index (χ0v) is 10.6. The molecule has 0 aliphatic carbocycles. The number of thioether (sulfide) groups is 1. The van der Waals surface area contributed by atoms with Gasteiger partial charge in [-0.2, -0.15) is 11.8 Å². The van der Waals surface area contributed by atoms with Crippen molar-refractivity contribution in [2.45, 2.75) is 25.0 Å². The van der Waals surface area contributed by atoms with Crippen LogP contribution in [0.25, 0.3) is 0 Å². The van der Waals surface area contributed by atoms with Gasteiger partial charge in [0, 0.05) is 30.4 Å². The third-order valence-electron chi connectivity index (χ3n) is 3.02. The van der Waals surface area contributed by atoms with E-state index in [0.29, 0.717) is 0 Å². The molecule has 1 fully saturated rings. The summed E-state index contributed by atoms with van der Waals surface area (Å²) in [7, 11) is 0. The molecule has 2 rings (SSSR count). The van der Waals surface area contributed by atoms with Crippen molar-refractivity contribution in [1.29, 1.82) is 0 Å². The zero-order chi connectivity index (χ0) is 11.1. The minimum Gasteiger partial charge on any atom is -0.303 e. The average Bonchev–Trinajstić information content (AvgIpc) is 2.37. The number of rotatable bonds is 5. The third kappa shape index (κ3) is 4.14. The molecule has 1 aliphatic heterocycles. The summed E-state index contributed by atoms with van der Waals surface area (Å²) in [5.41, 5.74) is 1.39. The fraction of sp³-hybridized carbons (Fsp3) is 0.615. The summed E-state index contributed by atoms with van der Waals surface area (Å²) in [5.74, 6) is 2.37. The Labute approximate surface area is 102 Å². The fourth-order valence-electron chi connectivity index (χ4n) is 2.05. The maximum atomic E-state index is 4.03. The lowest BCUT2D eigenvalue weighted by atomic mass is 10.1. The Kier molecular flexibility index (Phi) is 5.16. The molecule has 0 bridgehead atoms. The van der Waals surface area contributed by atoms with Crippen molar-refractivity contribution in [3.63, 3.8) is 0 Å². The smallest absolute Gasteiger partial charge is 0.0270 e. The molecule has 1 aliphatic rings. The standard InChI is InChI=1S/C13H20N2S/c1-2-8-15(9-3-1)10-11-16-12-13-4-6-14-7-5-13/h4-7H,1-3,8-12H2. The van der Waals surface area contributed by atoms with Gasteiger partial charge in [-0.3, -0.25) is 4.98 Å². The Morgan fingerprint density at radius 1 is 1.12 bits per heavy atom. The highest BCUT2D eigenvalue weighted by Gasteiger charge is 2.08. The minimum absolute atomic E-state index is 1.12. The highest BCUT2D eigenvalue weighted by molar-refractivity contribution is 7.98. The Hall–Kier alpha value is -0.540. The van der Waals surface area contributed by atoms with Gasteiger partial charge in [0.05, 0.1) is 0 Å². The molecule has 88 valence electrons. The van der Waals surface area contributed by atoms with Gasteiger partial charge in [-0.25, -0.2) is 0 Å². The van der Waals surface area contributed by atoms with Gasteiger partial charge in [-0.1, -0.05) is 6.42 Å². The second-order valence-corrected chi connectivity index (χ2v) is 5.42. The largest absolute Gasteiger partial charge is 0.303 e. The van der Waals surface area contributed by atoms with E-state index in [2.05, 4.69) is 22.0 Å². The first-order valence-corrected chi connectivity index (χ1v) is 7.29. The van der Waals surface area contributed by atoms with Gasteiger partial charge in [0.2, 0.25) is 0 Å². The van der Waals surface area contributed by atoms with Crippen LogP contribution in [0, 0.1) is 0 Å². The molecule has 3 heteroatoms. The van der Waals surface area contributed by atoms with Crippen LogP contribution in [0.3, 0.4) is 0 Å². The van der Waals surface area contributed by atoms with Gasteiger partial charge in [-0.15, -0.1) is 0 Å². The highest BCUT2D eigenvalue weighted by Crippen LogP contribution is 2.13. The van der Waals surface area contributed by atoms with E-state index < -0.39 is 0 Å². The van der Waals surface area contributed by atoms with Crippen molar-refractivity contribution in [2.24, 2.45) is 0 Å². The maximum absolute atomic E-state index is 4.03. The molecule has 0 N–H and O–H groups in total. The van der Waals surface area contributed by atoms with Crippen molar-refractivity contribution >= 4 is 11.8 Å². The van der Waals surface area contributed by atoms with Crippen LogP contribution in [-0.4, -0.2) is 35.3 Å². The number of pyridine rings is 1. The first-order valence-electron chi connectivity index (χ1n) is 6.14. The molecule has 0 amide bonds. The van der Waals surface area contributed by atoms with Crippen LogP contribution in [0.15, 0.2) is 24.5 Å². The molecule has 1 aromatic heterocycles. The lowest BCUT2D eigenvalue weighted by Crippen LogP contribution is -2.31. The Balaban J connectivity index is 1.58. The van der Waals surface area contributed by atoms with E-state index in [9.17, 15) is 0 Å². The van der Waals surface area contributed by atoms with E-state index in [1.807, 2.05) is 24.2 Å². The van der Waals surface area contributed by atoms with Gasteiger partial charge >= 0.3 is 0 Å². The minimum atomic E-state index is 1.12. The summed E-state index contributed by atoms with van der Waals surface area (Å²) in [6.07, 6.45) is 7.98. The number of hydrogen-bond donors (Lipinski definition) is 0. The van der Waals surface area contributed by atoms with Crippen LogP contribution < -0.4 is 0 Å². The number of nitrogens with zero attached hydrogens (tertiary/aromatic N) is 2. The first kappa shape index (κ1) is 11.9. The van der Waals surface area contributed by atoms with Gasteiger partial charge in [-0.05, 0) is 43.6 Å². The SMILES string of the molecule is c1cc(CSCCN2CCCCC2)ccn1. The Bertz CT molecular complexity index is 283. The van der Waals surface area contributed by atoms with Gasteiger partial charge in [0.15, 0.2) is 0 Å². The molecule has 0 unspecified atom stereocenters. The summed E-state index contributed by atoms with van der Waals surface area (Å²) in [4.78, 5) is 6.63. The number of piperidine rings is 1. The van der Waals surface area contributed by atoms with E-state index in [4.69, 9.17) is 0 Å². The first-order chi connectivity index (χ1) is 7.95. The number of hydrogen-bond acceptors (Lipinski definition) is 3. The lowest BCUT2D eigenvalue weighted by Gasteiger charge is -2.26. The van der Waals surface area contributed by atoms with Crippen molar-refractivity contribution in [1.82, 2.24) is 9.88 Å². The van der Waals surface area contributed by atoms with E-state index in [-0.39, 0.29) is 0 Å². The predicted molar refractivity (Wildman–Crippen MR) is 70.7 cm³/mol. The maximum Gasteiger partial charge on any atom is 0.0270 e. The molecule has 0 radical (unpaired) electrons. The molecule has 2 heterocycles. The monoisotopic (exact) mass is 236 g/mol. The molecular weight excluding hydrogens is 216 g/mol. The molecule has 0 aromatic carbocycles. The Morgan fingerprint density at radius 2 is 1.88 bits per heavy atom. The number of likely N-dealkylation sites (tertiary alicyclic amines) is 1. The fourth-order valence-corrected chi connectivity index (χ4v) is 3.01. The van der Waals surface area contributed by atoms with Crippen molar-refractivity contribution in [3.05, 3.63) is 30.1 Å². The van der Waals surface area contributed by atoms with E-state index >= 15 is 0 Å². The van der Waals surface area contributed by atoms with Gasteiger partial charge in [0.1, 0.15) is 0 Å². The van der Waals surface area contributed by atoms with Crippen molar-refractivity contribution in [2.75, 3.05) is 25.4 Å². The lowest BCUT2D eigenvalue weighted by molar-refractivity contribution is 0.242. The number of aromatic nitrogens is 1. The predicted octanol–water partition coefficient (Wildman–Crippen LogP) is 2.80.